The molecule has 0 radical (unpaired) electrons. The van der Waals surface area contributed by atoms with Crippen molar-refractivity contribution in [2.75, 3.05) is 7.11 Å². The van der Waals surface area contributed by atoms with E-state index in [1.807, 2.05) is 30.3 Å². The number of para-hydroxylation sites is 1. The summed E-state index contributed by atoms with van der Waals surface area (Å²) in [7, 11) is 1.32. The SMILES string of the molecule is COC(=O)C(Cc1cccc(C(=N)N)c1)C(C)NC(=O)c1cc2c(cn1)[nH]c1ccccc12. The molecule has 0 fully saturated rings. The number of rotatable bonds is 7. The number of esters is 1. The first-order valence-corrected chi connectivity index (χ1v) is 10.6. The summed E-state index contributed by atoms with van der Waals surface area (Å²) in [5, 5.41) is 12.4. The number of nitrogens with one attached hydrogen (secondary N) is 3. The molecule has 4 aromatic rings. The van der Waals surface area contributed by atoms with Gasteiger partial charge in [0.15, 0.2) is 0 Å². The Labute approximate surface area is 190 Å². The van der Waals surface area contributed by atoms with Crippen molar-refractivity contribution in [1.29, 1.82) is 5.41 Å². The van der Waals surface area contributed by atoms with E-state index in [-0.39, 0.29) is 17.4 Å². The van der Waals surface area contributed by atoms with Crippen LogP contribution >= 0.6 is 0 Å². The Morgan fingerprint density at radius 1 is 1.12 bits per heavy atom. The van der Waals surface area contributed by atoms with Gasteiger partial charge in [0.2, 0.25) is 0 Å². The highest BCUT2D eigenvalue weighted by Crippen LogP contribution is 2.25. The topological polar surface area (TPSA) is 134 Å². The van der Waals surface area contributed by atoms with E-state index >= 15 is 0 Å². The van der Waals surface area contributed by atoms with Crippen LogP contribution in [0.15, 0.2) is 60.8 Å². The van der Waals surface area contributed by atoms with E-state index in [1.165, 1.54) is 7.11 Å². The number of carbonyl (C=O) groups is 2. The largest absolute Gasteiger partial charge is 0.469 e. The molecule has 4 rings (SSSR count). The summed E-state index contributed by atoms with van der Waals surface area (Å²) in [6, 6.07) is 16.2. The first-order valence-electron chi connectivity index (χ1n) is 10.6. The Morgan fingerprint density at radius 2 is 1.91 bits per heavy atom. The summed E-state index contributed by atoms with van der Waals surface area (Å²) in [6.07, 6.45) is 1.96. The minimum atomic E-state index is -0.627. The second kappa shape index (κ2) is 9.12. The summed E-state index contributed by atoms with van der Waals surface area (Å²) in [5.74, 6) is -1.48. The first kappa shape index (κ1) is 22.0. The first-order chi connectivity index (χ1) is 15.9. The van der Waals surface area contributed by atoms with Gasteiger partial charge in [-0.05, 0) is 37.1 Å². The zero-order valence-electron chi connectivity index (χ0n) is 18.4. The van der Waals surface area contributed by atoms with Gasteiger partial charge >= 0.3 is 5.97 Å². The number of methoxy groups -OCH3 is 1. The highest BCUT2D eigenvalue weighted by atomic mass is 16.5. The van der Waals surface area contributed by atoms with Crippen molar-refractivity contribution in [3.05, 3.63) is 77.6 Å². The fourth-order valence-corrected chi connectivity index (χ4v) is 3.99. The number of aromatic amines is 1. The highest BCUT2D eigenvalue weighted by molar-refractivity contribution is 6.09. The number of benzene rings is 2. The number of amidine groups is 1. The van der Waals surface area contributed by atoms with Crippen LogP contribution in [0.25, 0.3) is 21.8 Å². The van der Waals surface area contributed by atoms with Gasteiger partial charge in [-0.2, -0.15) is 0 Å². The number of aromatic nitrogens is 2. The number of fused-ring (bicyclic) bond motifs is 3. The maximum atomic E-state index is 13.0. The minimum Gasteiger partial charge on any atom is -0.469 e. The van der Waals surface area contributed by atoms with Gasteiger partial charge < -0.3 is 20.8 Å². The summed E-state index contributed by atoms with van der Waals surface area (Å²) >= 11 is 0. The predicted octanol–water partition coefficient (Wildman–Crippen LogP) is 3.15. The molecule has 2 heterocycles. The maximum Gasteiger partial charge on any atom is 0.311 e. The number of hydrogen-bond donors (Lipinski definition) is 4. The van der Waals surface area contributed by atoms with Crippen LogP contribution < -0.4 is 11.1 Å². The van der Waals surface area contributed by atoms with Gasteiger partial charge in [-0.25, -0.2) is 4.98 Å². The van der Waals surface area contributed by atoms with E-state index in [2.05, 4.69) is 15.3 Å². The third-order valence-electron chi connectivity index (χ3n) is 5.78. The van der Waals surface area contributed by atoms with E-state index in [0.29, 0.717) is 12.0 Å². The second-order valence-electron chi connectivity index (χ2n) is 8.00. The van der Waals surface area contributed by atoms with Gasteiger partial charge in [-0.15, -0.1) is 0 Å². The Bertz CT molecular complexity index is 1360. The number of hydrogen-bond acceptors (Lipinski definition) is 5. The lowest BCUT2D eigenvalue weighted by atomic mass is 9.92. The lowest BCUT2D eigenvalue weighted by Crippen LogP contribution is -2.43. The van der Waals surface area contributed by atoms with Crippen LogP contribution in [0.2, 0.25) is 0 Å². The lowest BCUT2D eigenvalue weighted by Gasteiger charge is -2.23. The van der Waals surface area contributed by atoms with Crippen LogP contribution in [0, 0.1) is 11.3 Å². The van der Waals surface area contributed by atoms with Gasteiger partial charge in [0.1, 0.15) is 11.5 Å². The molecule has 0 aliphatic carbocycles. The Hall–Kier alpha value is -4.20. The molecule has 0 spiro atoms. The Morgan fingerprint density at radius 3 is 2.67 bits per heavy atom. The Balaban J connectivity index is 1.56. The standard InChI is InChI=1S/C25H25N5O3/c1-14(18(25(32)33-2)11-15-6-5-7-16(10-15)23(26)27)29-24(31)21-12-19-17-8-3-4-9-20(17)30-22(19)13-28-21/h3-10,12-14,18,30H,11H2,1-2H3,(H3,26,27)(H,29,31). The summed E-state index contributed by atoms with van der Waals surface area (Å²) in [5.41, 5.74) is 9.05. The zero-order valence-corrected chi connectivity index (χ0v) is 18.4. The lowest BCUT2D eigenvalue weighted by molar-refractivity contribution is -0.146. The van der Waals surface area contributed by atoms with Crippen LogP contribution in [-0.2, 0) is 16.0 Å². The van der Waals surface area contributed by atoms with Crippen LogP contribution in [-0.4, -0.2) is 40.8 Å². The van der Waals surface area contributed by atoms with Gasteiger partial charge in [-0.3, -0.25) is 15.0 Å². The molecule has 2 aromatic carbocycles. The second-order valence-corrected chi connectivity index (χ2v) is 8.00. The highest BCUT2D eigenvalue weighted by Gasteiger charge is 2.28. The van der Waals surface area contributed by atoms with Crippen LogP contribution in [0.3, 0.4) is 0 Å². The normalized spacial score (nSPS) is 12.9. The van der Waals surface area contributed by atoms with Crippen molar-refractivity contribution in [3.8, 4) is 0 Å². The maximum absolute atomic E-state index is 13.0. The summed E-state index contributed by atoms with van der Waals surface area (Å²) in [6.45, 7) is 1.76. The van der Waals surface area contributed by atoms with Crippen molar-refractivity contribution >= 4 is 39.5 Å². The molecule has 168 valence electrons. The number of amides is 1. The van der Waals surface area contributed by atoms with E-state index in [1.54, 1.807) is 37.4 Å². The third-order valence-corrected chi connectivity index (χ3v) is 5.78. The molecule has 0 saturated carbocycles. The molecule has 8 nitrogen and oxygen atoms in total. The molecular formula is C25H25N5O3. The zero-order chi connectivity index (χ0) is 23.5. The average Bonchev–Trinajstić information content (AvgIpc) is 3.20. The number of pyridine rings is 1. The molecule has 0 aliphatic heterocycles. The monoisotopic (exact) mass is 443 g/mol. The molecule has 33 heavy (non-hydrogen) atoms. The molecule has 8 heteroatoms. The molecule has 0 aliphatic rings. The number of nitrogens with two attached hydrogens (primary N) is 1. The quantitative estimate of drug-likeness (QED) is 0.198. The molecule has 1 amide bonds. The number of carbonyl (C=O) groups excluding carboxylic acids is 2. The van der Waals surface area contributed by atoms with Crippen molar-refractivity contribution < 1.29 is 14.3 Å². The number of nitrogens with zero attached hydrogens (tertiary/aromatic N) is 1. The number of H-pyrrole nitrogens is 1. The van der Waals surface area contributed by atoms with E-state index in [0.717, 1.165) is 27.4 Å². The van der Waals surface area contributed by atoms with Crippen molar-refractivity contribution in [2.45, 2.75) is 19.4 Å². The van der Waals surface area contributed by atoms with Gasteiger partial charge in [0, 0.05) is 27.9 Å². The molecular weight excluding hydrogens is 418 g/mol. The third kappa shape index (κ3) is 4.55. The van der Waals surface area contributed by atoms with Crippen LogP contribution in [0.4, 0.5) is 0 Å². The molecule has 2 unspecified atom stereocenters. The van der Waals surface area contributed by atoms with Gasteiger partial charge in [0.05, 0.1) is 24.7 Å². The van der Waals surface area contributed by atoms with Gasteiger partial charge in [0.25, 0.3) is 5.91 Å². The fraction of sp³-hybridized carbons (Fsp3) is 0.200. The van der Waals surface area contributed by atoms with Crippen molar-refractivity contribution in [1.82, 2.24) is 15.3 Å². The molecule has 0 bridgehead atoms. The van der Waals surface area contributed by atoms with Crippen molar-refractivity contribution in [3.63, 3.8) is 0 Å². The molecule has 0 saturated heterocycles. The van der Waals surface area contributed by atoms with E-state index in [9.17, 15) is 9.59 Å². The van der Waals surface area contributed by atoms with Crippen molar-refractivity contribution in [2.24, 2.45) is 11.7 Å². The smallest absolute Gasteiger partial charge is 0.311 e. The predicted molar refractivity (Wildman–Crippen MR) is 127 cm³/mol. The van der Waals surface area contributed by atoms with Gasteiger partial charge in [-0.1, -0.05) is 36.4 Å². The average molecular weight is 444 g/mol. The van der Waals surface area contributed by atoms with Crippen LogP contribution in [0.5, 0.6) is 0 Å². The summed E-state index contributed by atoms with van der Waals surface area (Å²) < 4.78 is 4.99. The molecule has 2 aromatic heterocycles. The molecule has 5 N–H and O–H groups in total. The summed E-state index contributed by atoms with van der Waals surface area (Å²) in [4.78, 5) is 33.1. The minimum absolute atomic E-state index is 0.0495. The molecule has 2 atom stereocenters. The van der Waals surface area contributed by atoms with E-state index in [4.69, 9.17) is 15.9 Å². The Kier molecular flexibility index (Phi) is 6.08. The number of ether oxygens (including phenoxy) is 1. The fourth-order valence-electron chi connectivity index (χ4n) is 3.99. The number of nitrogen functional groups attached to an aromatic ring is 1. The van der Waals surface area contributed by atoms with Crippen LogP contribution in [0.1, 0.15) is 28.5 Å². The van der Waals surface area contributed by atoms with E-state index < -0.39 is 17.9 Å².